The fraction of sp³-hybridized carbons (Fsp3) is 0.250. The average Bonchev–Trinajstić information content (AvgIpc) is 3.62. The van der Waals surface area contributed by atoms with E-state index in [-0.39, 0.29) is 38.8 Å². The number of rotatable bonds is 5. The molecule has 2 aromatic carbocycles. The predicted molar refractivity (Wildman–Crippen MR) is 129 cm³/mol. The molecular weight excluding hydrogens is 477 g/mol. The second-order valence-corrected chi connectivity index (χ2v) is 9.20. The number of allylic oxidation sites excluding steroid dienone is 1. The van der Waals surface area contributed by atoms with E-state index in [2.05, 4.69) is 17.0 Å². The Hall–Kier alpha value is -3.54. The van der Waals surface area contributed by atoms with Crippen molar-refractivity contribution in [2.45, 2.75) is 19.3 Å². The van der Waals surface area contributed by atoms with Gasteiger partial charge >= 0.3 is 6.03 Å². The average molecular weight is 496 g/mol. The third-order valence-corrected chi connectivity index (χ3v) is 6.47. The first-order valence-electron chi connectivity index (χ1n) is 10.7. The molecule has 0 spiro atoms. The first kappa shape index (κ1) is 22.3. The number of nitriles is 1. The maximum absolute atomic E-state index is 12.8. The predicted octanol–water partition coefficient (Wildman–Crippen LogP) is 5.12. The number of ether oxygens (including phenoxy) is 1. The molecular formula is C24H19Cl2N5O3. The Morgan fingerprint density at radius 2 is 1.94 bits per heavy atom. The third-order valence-electron chi connectivity index (χ3n) is 5.91. The van der Waals surface area contributed by atoms with E-state index in [0.717, 1.165) is 23.5 Å². The molecule has 2 aromatic rings. The van der Waals surface area contributed by atoms with Crippen LogP contribution < -0.4 is 15.1 Å². The molecule has 3 amide bonds. The topological polar surface area (TPSA) is 98.0 Å². The molecule has 1 saturated carbocycles. The van der Waals surface area contributed by atoms with Gasteiger partial charge in [0, 0.05) is 18.7 Å². The number of urea groups is 1. The molecule has 172 valence electrons. The van der Waals surface area contributed by atoms with Crippen molar-refractivity contribution in [1.82, 2.24) is 10.2 Å². The van der Waals surface area contributed by atoms with Crippen LogP contribution in [0.15, 0.2) is 47.7 Å². The van der Waals surface area contributed by atoms with Gasteiger partial charge in [0.1, 0.15) is 11.8 Å². The van der Waals surface area contributed by atoms with Gasteiger partial charge in [-0.2, -0.15) is 15.4 Å². The van der Waals surface area contributed by atoms with Crippen molar-refractivity contribution in [2.24, 2.45) is 11.0 Å². The third kappa shape index (κ3) is 4.20. The van der Waals surface area contributed by atoms with Crippen LogP contribution in [-0.4, -0.2) is 35.6 Å². The van der Waals surface area contributed by atoms with Crippen molar-refractivity contribution >= 4 is 46.5 Å². The van der Waals surface area contributed by atoms with E-state index >= 15 is 0 Å². The van der Waals surface area contributed by atoms with Crippen molar-refractivity contribution in [2.75, 3.05) is 18.1 Å². The molecule has 10 heteroatoms. The van der Waals surface area contributed by atoms with Crippen LogP contribution in [0, 0.1) is 17.2 Å². The van der Waals surface area contributed by atoms with E-state index in [0.29, 0.717) is 23.8 Å². The number of anilines is 1. The summed E-state index contributed by atoms with van der Waals surface area (Å²) in [4.78, 5) is 27.0. The molecule has 1 fully saturated rings. The highest BCUT2D eigenvalue weighted by Crippen LogP contribution is 2.41. The van der Waals surface area contributed by atoms with E-state index in [9.17, 15) is 14.9 Å². The Kier molecular flexibility index (Phi) is 5.68. The Morgan fingerprint density at radius 3 is 2.62 bits per heavy atom. The highest BCUT2D eigenvalue weighted by atomic mass is 35.5. The summed E-state index contributed by atoms with van der Waals surface area (Å²) in [5, 5.41) is 16.9. The Labute approximate surface area is 206 Å². The number of amides is 3. The van der Waals surface area contributed by atoms with Gasteiger partial charge in [-0.25, -0.2) is 4.79 Å². The number of hydrogen-bond donors (Lipinski definition) is 1. The minimum atomic E-state index is -0.597. The monoisotopic (exact) mass is 495 g/mol. The van der Waals surface area contributed by atoms with Crippen molar-refractivity contribution < 1.29 is 14.3 Å². The van der Waals surface area contributed by atoms with E-state index in [1.54, 1.807) is 12.1 Å². The summed E-state index contributed by atoms with van der Waals surface area (Å²) in [7, 11) is 0. The molecule has 2 heterocycles. The number of carbonyl (C=O) groups excluding carboxylic acids is 2. The summed E-state index contributed by atoms with van der Waals surface area (Å²) in [6.45, 7) is 5.11. The van der Waals surface area contributed by atoms with Crippen LogP contribution in [0.1, 0.15) is 28.8 Å². The molecule has 0 bridgehead atoms. The van der Waals surface area contributed by atoms with Crippen LogP contribution in [0.2, 0.25) is 10.0 Å². The first-order chi connectivity index (χ1) is 16.3. The summed E-state index contributed by atoms with van der Waals surface area (Å²) < 4.78 is 5.96. The quantitative estimate of drug-likeness (QED) is 0.622. The Morgan fingerprint density at radius 1 is 1.21 bits per heavy atom. The number of benzene rings is 2. The molecule has 0 unspecified atom stereocenters. The van der Waals surface area contributed by atoms with Gasteiger partial charge in [0.2, 0.25) is 0 Å². The molecule has 3 aliphatic rings. The zero-order valence-corrected chi connectivity index (χ0v) is 19.5. The number of halogens is 2. The van der Waals surface area contributed by atoms with Gasteiger partial charge in [-0.05, 0) is 61.1 Å². The second-order valence-electron chi connectivity index (χ2n) is 8.39. The number of hydrazone groups is 1. The van der Waals surface area contributed by atoms with Crippen LogP contribution in [0.4, 0.5) is 10.5 Å². The van der Waals surface area contributed by atoms with Crippen molar-refractivity contribution in [3.8, 4) is 17.6 Å². The zero-order chi connectivity index (χ0) is 24.0. The largest absolute Gasteiger partial charge is 0.454 e. The van der Waals surface area contributed by atoms with Gasteiger partial charge in [0.15, 0.2) is 11.5 Å². The smallest absolute Gasteiger partial charge is 0.347 e. The summed E-state index contributed by atoms with van der Waals surface area (Å²) in [6.07, 6.45) is 3.15. The van der Waals surface area contributed by atoms with E-state index in [4.69, 9.17) is 27.9 Å². The Balaban J connectivity index is 1.38. The van der Waals surface area contributed by atoms with E-state index in [1.807, 2.05) is 17.0 Å². The van der Waals surface area contributed by atoms with Gasteiger partial charge in [-0.15, -0.1) is 0 Å². The SMILES string of the molecule is C=C1NC(=O)N(c2cc(Cl)c(Oc3ccc4c(c3)CCN(CC3CC3)C4=O)c(Cl)c2)N=C1C#N. The summed E-state index contributed by atoms with van der Waals surface area (Å²) in [5.41, 5.74) is 1.94. The lowest BCUT2D eigenvalue weighted by Gasteiger charge is -2.29. The van der Waals surface area contributed by atoms with Gasteiger partial charge in [-0.1, -0.05) is 29.8 Å². The number of nitrogens with one attached hydrogen (secondary N) is 1. The number of hydrogen-bond acceptors (Lipinski definition) is 5. The van der Waals surface area contributed by atoms with Crippen LogP contribution in [0.25, 0.3) is 0 Å². The number of carbonyl (C=O) groups is 2. The molecule has 0 atom stereocenters. The molecule has 2 aliphatic heterocycles. The van der Waals surface area contributed by atoms with Crippen LogP contribution in [-0.2, 0) is 6.42 Å². The van der Waals surface area contributed by atoms with Crippen molar-refractivity contribution in [3.63, 3.8) is 0 Å². The maximum Gasteiger partial charge on any atom is 0.347 e. The zero-order valence-electron chi connectivity index (χ0n) is 18.0. The van der Waals surface area contributed by atoms with Crippen LogP contribution in [0.5, 0.6) is 11.5 Å². The van der Waals surface area contributed by atoms with Gasteiger partial charge in [-0.3, -0.25) is 4.79 Å². The lowest BCUT2D eigenvalue weighted by Crippen LogP contribution is -2.42. The first-order valence-corrected chi connectivity index (χ1v) is 11.5. The van der Waals surface area contributed by atoms with E-state index in [1.165, 1.54) is 25.0 Å². The van der Waals surface area contributed by atoms with Gasteiger partial charge < -0.3 is 15.0 Å². The fourth-order valence-corrected chi connectivity index (χ4v) is 4.51. The number of nitrogens with zero attached hydrogens (tertiary/aromatic N) is 4. The minimum absolute atomic E-state index is 0.0357. The standard InChI is InChI=1S/C24H19Cl2N5O3/c1-13-21(11-27)29-31(24(33)28-13)16-9-19(25)22(20(26)10-16)34-17-4-5-18-15(8-17)6-7-30(23(18)32)12-14-2-3-14/h4-5,8-10,14H,1-3,6-7,12H2,(H,28,33). The lowest BCUT2D eigenvalue weighted by molar-refractivity contribution is 0.0731. The van der Waals surface area contributed by atoms with Gasteiger partial charge in [0.25, 0.3) is 5.91 Å². The molecule has 0 aromatic heterocycles. The lowest BCUT2D eigenvalue weighted by atomic mass is 9.98. The van der Waals surface area contributed by atoms with E-state index < -0.39 is 6.03 Å². The Bertz CT molecular complexity index is 1290. The summed E-state index contributed by atoms with van der Waals surface area (Å²) >= 11 is 12.9. The maximum atomic E-state index is 12.8. The summed E-state index contributed by atoms with van der Waals surface area (Å²) in [5.74, 6) is 1.40. The highest BCUT2D eigenvalue weighted by Gasteiger charge is 2.31. The fourth-order valence-electron chi connectivity index (χ4n) is 3.96. The molecule has 34 heavy (non-hydrogen) atoms. The number of fused-ring (bicyclic) bond motifs is 1. The molecule has 5 rings (SSSR count). The molecule has 1 N–H and O–H groups in total. The van der Waals surface area contributed by atoms with Crippen molar-refractivity contribution in [1.29, 1.82) is 5.26 Å². The van der Waals surface area contributed by atoms with Crippen LogP contribution in [0.3, 0.4) is 0 Å². The minimum Gasteiger partial charge on any atom is -0.454 e. The molecule has 1 aliphatic carbocycles. The normalized spacial score (nSPS) is 17.7. The van der Waals surface area contributed by atoms with Gasteiger partial charge in [0.05, 0.1) is 21.4 Å². The molecule has 0 saturated heterocycles. The molecule has 0 radical (unpaired) electrons. The van der Waals surface area contributed by atoms with Crippen LogP contribution >= 0.6 is 23.2 Å². The summed E-state index contributed by atoms with van der Waals surface area (Å²) in [6, 6.07) is 9.51. The van der Waals surface area contributed by atoms with Crippen molar-refractivity contribution in [3.05, 3.63) is 63.8 Å². The second kappa shape index (κ2) is 8.67. The molecule has 8 nitrogen and oxygen atoms in total. The highest BCUT2D eigenvalue weighted by molar-refractivity contribution is 6.37.